The van der Waals surface area contributed by atoms with Crippen LogP contribution in [0.1, 0.15) is 40.2 Å². The Bertz CT molecular complexity index is 346. The van der Waals surface area contributed by atoms with E-state index in [0.29, 0.717) is 11.8 Å². The summed E-state index contributed by atoms with van der Waals surface area (Å²) in [6, 6.07) is 8.73. The minimum Gasteiger partial charge on any atom is -0.385 e. The number of nitrogens with two attached hydrogens (primary N) is 1. The Hall–Kier alpha value is -1.02. The second kappa shape index (κ2) is 6.24. The van der Waals surface area contributed by atoms with Gasteiger partial charge in [-0.1, -0.05) is 46.8 Å². The maximum Gasteiger partial charge on any atom is 0.0340 e. The van der Waals surface area contributed by atoms with Gasteiger partial charge in [-0.3, -0.25) is 0 Å². The van der Waals surface area contributed by atoms with Gasteiger partial charge in [-0.2, -0.15) is 0 Å². The van der Waals surface area contributed by atoms with Gasteiger partial charge in [-0.15, -0.1) is 0 Å². The molecule has 0 aliphatic carbocycles. The molecule has 0 saturated heterocycles. The molecule has 1 aromatic rings. The molecule has 0 fully saturated rings. The van der Waals surface area contributed by atoms with E-state index in [2.05, 4.69) is 64.2 Å². The number of anilines is 1. The fourth-order valence-electron chi connectivity index (χ4n) is 1.93. The van der Waals surface area contributed by atoms with Gasteiger partial charge >= 0.3 is 0 Å². The smallest absolute Gasteiger partial charge is 0.0340 e. The van der Waals surface area contributed by atoms with Crippen LogP contribution in [0.5, 0.6) is 0 Å². The molecule has 18 heavy (non-hydrogen) atoms. The highest BCUT2D eigenvalue weighted by molar-refractivity contribution is 5.45. The van der Waals surface area contributed by atoms with Crippen LogP contribution in [0, 0.1) is 11.8 Å². The first-order valence-corrected chi connectivity index (χ1v) is 6.89. The lowest BCUT2D eigenvalue weighted by Gasteiger charge is -2.21. The van der Waals surface area contributed by atoms with Crippen LogP contribution in [0.15, 0.2) is 24.3 Å². The van der Waals surface area contributed by atoms with Crippen molar-refractivity contribution in [2.75, 3.05) is 18.4 Å². The average Bonchev–Trinajstić information content (AvgIpc) is 2.29. The van der Waals surface area contributed by atoms with Gasteiger partial charge in [-0.25, -0.2) is 0 Å². The molecule has 3 N–H and O–H groups in total. The second-order valence-electron chi connectivity index (χ2n) is 6.45. The predicted octanol–water partition coefficient (Wildman–Crippen LogP) is 3.63. The van der Waals surface area contributed by atoms with Crippen molar-refractivity contribution in [1.29, 1.82) is 0 Å². The summed E-state index contributed by atoms with van der Waals surface area (Å²) in [5, 5.41) is 3.48. The summed E-state index contributed by atoms with van der Waals surface area (Å²) in [7, 11) is 0. The first-order valence-electron chi connectivity index (χ1n) is 6.89. The predicted molar refractivity (Wildman–Crippen MR) is 81.0 cm³/mol. The van der Waals surface area contributed by atoms with Crippen LogP contribution in [-0.2, 0) is 5.41 Å². The van der Waals surface area contributed by atoms with E-state index in [1.807, 2.05) is 0 Å². The summed E-state index contributed by atoms with van der Waals surface area (Å²) in [6.45, 7) is 12.8. The molecule has 0 bridgehead atoms. The third kappa shape index (κ3) is 4.34. The molecule has 0 heterocycles. The Kier molecular flexibility index (Phi) is 5.21. The van der Waals surface area contributed by atoms with E-state index in [1.54, 1.807) is 0 Å². The molecule has 0 aliphatic rings. The molecule has 0 aliphatic heterocycles. The molecule has 2 nitrogen and oxygen atoms in total. The molecule has 0 aromatic heterocycles. The van der Waals surface area contributed by atoms with Crippen molar-refractivity contribution in [3.8, 4) is 0 Å². The van der Waals surface area contributed by atoms with Gasteiger partial charge in [-0.05, 0) is 41.5 Å². The Morgan fingerprint density at radius 1 is 1.11 bits per heavy atom. The molecule has 1 aromatic carbocycles. The maximum atomic E-state index is 5.78. The zero-order valence-electron chi connectivity index (χ0n) is 12.5. The van der Waals surface area contributed by atoms with Crippen LogP contribution in [-0.4, -0.2) is 13.1 Å². The van der Waals surface area contributed by atoms with Crippen LogP contribution in [0.3, 0.4) is 0 Å². The SMILES string of the molecule is CC(C)C(CN)CNc1ccc(C(C)(C)C)cc1. The number of rotatable bonds is 5. The van der Waals surface area contributed by atoms with E-state index in [-0.39, 0.29) is 5.41 Å². The summed E-state index contributed by atoms with van der Waals surface area (Å²) in [4.78, 5) is 0. The van der Waals surface area contributed by atoms with Crippen LogP contribution >= 0.6 is 0 Å². The zero-order valence-corrected chi connectivity index (χ0v) is 12.5. The van der Waals surface area contributed by atoms with Gasteiger partial charge in [0.15, 0.2) is 0 Å². The second-order valence-corrected chi connectivity index (χ2v) is 6.45. The molecule has 0 saturated carbocycles. The standard InChI is InChI=1S/C16H28N2/c1-12(2)13(10-17)11-18-15-8-6-14(7-9-15)16(3,4)5/h6-9,12-13,18H,10-11,17H2,1-5H3. The summed E-state index contributed by atoms with van der Waals surface area (Å²) < 4.78 is 0. The van der Waals surface area contributed by atoms with E-state index in [4.69, 9.17) is 5.73 Å². The molecule has 0 radical (unpaired) electrons. The number of hydrogen-bond donors (Lipinski definition) is 2. The minimum atomic E-state index is 0.219. The van der Waals surface area contributed by atoms with Gasteiger partial charge in [0, 0.05) is 12.2 Å². The lowest BCUT2D eigenvalue weighted by atomic mass is 9.87. The summed E-state index contributed by atoms with van der Waals surface area (Å²) in [5.41, 5.74) is 8.55. The number of nitrogens with one attached hydrogen (secondary N) is 1. The van der Waals surface area contributed by atoms with Crippen LogP contribution in [0.4, 0.5) is 5.69 Å². The van der Waals surface area contributed by atoms with Crippen molar-refractivity contribution in [2.24, 2.45) is 17.6 Å². The van der Waals surface area contributed by atoms with Gasteiger partial charge in [0.1, 0.15) is 0 Å². The maximum absolute atomic E-state index is 5.78. The Labute approximate surface area is 112 Å². The first kappa shape index (κ1) is 15.0. The highest BCUT2D eigenvalue weighted by atomic mass is 14.9. The molecule has 0 spiro atoms. The summed E-state index contributed by atoms with van der Waals surface area (Å²) in [6.07, 6.45) is 0. The highest BCUT2D eigenvalue weighted by Crippen LogP contribution is 2.23. The van der Waals surface area contributed by atoms with Gasteiger partial charge in [0.2, 0.25) is 0 Å². The summed E-state index contributed by atoms with van der Waals surface area (Å²) in [5.74, 6) is 1.16. The molecule has 1 rings (SSSR count). The Morgan fingerprint density at radius 2 is 1.67 bits per heavy atom. The quantitative estimate of drug-likeness (QED) is 0.835. The normalized spacial score (nSPS) is 13.7. The minimum absolute atomic E-state index is 0.219. The van der Waals surface area contributed by atoms with E-state index in [1.165, 1.54) is 11.3 Å². The molecule has 1 unspecified atom stereocenters. The van der Waals surface area contributed by atoms with Crippen molar-refractivity contribution in [1.82, 2.24) is 0 Å². The monoisotopic (exact) mass is 248 g/mol. The van der Waals surface area contributed by atoms with Crippen LogP contribution in [0.2, 0.25) is 0 Å². The lowest BCUT2D eigenvalue weighted by molar-refractivity contribution is 0.413. The highest BCUT2D eigenvalue weighted by Gasteiger charge is 2.13. The van der Waals surface area contributed by atoms with Gasteiger partial charge in [0.25, 0.3) is 0 Å². The summed E-state index contributed by atoms with van der Waals surface area (Å²) >= 11 is 0. The molecule has 1 atom stereocenters. The largest absolute Gasteiger partial charge is 0.385 e. The Balaban J connectivity index is 2.59. The van der Waals surface area contributed by atoms with E-state index in [9.17, 15) is 0 Å². The van der Waals surface area contributed by atoms with E-state index in [0.717, 1.165) is 13.1 Å². The Morgan fingerprint density at radius 3 is 2.06 bits per heavy atom. The van der Waals surface area contributed by atoms with Gasteiger partial charge in [0.05, 0.1) is 0 Å². The van der Waals surface area contributed by atoms with Gasteiger partial charge < -0.3 is 11.1 Å². The molecular formula is C16H28N2. The molecule has 102 valence electrons. The van der Waals surface area contributed by atoms with Crippen molar-refractivity contribution in [2.45, 2.75) is 40.0 Å². The van der Waals surface area contributed by atoms with Crippen LogP contribution < -0.4 is 11.1 Å². The van der Waals surface area contributed by atoms with Crippen LogP contribution in [0.25, 0.3) is 0 Å². The third-order valence-electron chi connectivity index (χ3n) is 3.56. The molecule has 2 heteroatoms. The zero-order chi connectivity index (χ0) is 13.8. The van der Waals surface area contributed by atoms with E-state index >= 15 is 0 Å². The number of benzene rings is 1. The lowest BCUT2D eigenvalue weighted by Crippen LogP contribution is -2.27. The van der Waals surface area contributed by atoms with Crippen molar-refractivity contribution in [3.63, 3.8) is 0 Å². The average molecular weight is 248 g/mol. The van der Waals surface area contributed by atoms with E-state index < -0.39 is 0 Å². The third-order valence-corrected chi connectivity index (χ3v) is 3.56. The first-order chi connectivity index (χ1) is 8.34. The molecular weight excluding hydrogens is 220 g/mol. The fraction of sp³-hybridized carbons (Fsp3) is 0.625. The fourth-order valence-corrected chi connectivity index (χ4v) is 1.93. The van der Waals surface area contributed by atoms with Crippen molar-refractivity contribution >= 4 is 5.69 Å². The molecule has 0 amide bonds. The van der Waals surface area contributed by atoms with Crippen molar-refractivity contribution < 1.29 is 0 Å². The van der Waals surface area contributed by atoms with Crippen molar-refractivity contribution in [3.05, 3.63) is 29.8 Å². The topological polar surface area (TPSA) is 38.0 Å². The number of hydrogen-bond acceptors (Lipinski definition) is 2.